The third-order valence-corrected chi connectivity index (χ3v) is 3.21. The molecule has 0 spiro atoms. The maximum atomic E-state index is 11.8. The topological polar surface area (TPSA) is 123 Å². The maximum Gasteiger partial charge on any atom is 0.328 e. The molecule has 0 fully saturated rings. The number of nitrogens with zero attached hydrogens (tertiary/aromatic N) is 3. The highest BCUT2D eigenvalue weighted by molar-refractivity contribution is 6.08. The van der Waals surface area contributed by atoms with Crippen molar-refractivity contribution in [1.82, 2.24) is 14.5 Å². The number of nitriles is 1. The van der Waals surface area contributed by atoms with Gasteiger partial charge in [-0.25, -0.2) is 9.59 Å². The normalized spacial score (nSPS) is 11.2. The Kier molecular flexibility index (Phi) is 3.81. The van der Waals surface area contributed by atoms with Crippen LogP contribution in [0.5, 0.6) is 0 Å². The predicted octanol–water partition coefficient (Wildman–Crippen LogP) is -0.0211. The number of nitrogens with two attached hydrogens (primary N) is 1. The van der Waals surface area contributed by atoms with Crippen molar-refractivity contribution in [2.45, 2.75) is 0 Å². The van der Waals surface area contributed by atoms with Crippen molar-refractivity contribution in [1.29, 1.82) is 5.26 Å². The van der Waals surface area contributed by atoms with Crippen molar-refractivity contribution in [3.05, 3.63) is 39.8 Å². The average Bonchev–Trinajstić information content (AvgIpc) is 2.68. The van der Waals surface area contributed by atoms with Crippen LogP contribution in [0.2, 0.25) is 0 Å². The van der Waals surface area contributed by atoms with Crippen LogP contribution in [0.4, 0.5) is 4.79 Å². The number of benzene rings is 1. The third kappa shape index (κ3) is 2.60. The zero-order chi connectivity index (χ0) is 16.4. The number of amides is 3. The summed E-state index contributed by atoms with van der Waals surface area (Å²) < 4.78 is 2.95. The van der Waals surface area contributed by atoms with Gasteiger partial charge in [-0.2, -0.15) is 5.26 Å². The first kappa shape index (κ1) is 15.1. The third-order valence-electron chi connectivity index (χ3n) is 3.21. The van der Waals surface area contributed by atoms with Gasteiger partial charge in [-0.15, -0.1) is 0 Å². The lowest BCUT2D eigenvalue weighted by Crippen LogP contribution is -2.35. The molecule has 8 nitrogen and oxygen atoms in total. The summed E-state index contributed by atoms with van der Waals surface area (Å²) in [5.41, 5.74) is 6.34. The van der Waals surface area contributed by atoms with Crippen molar-refractivity contribution >= 4 is 29.0 Å². The van der Waals surface area contributed by atoms with Crippen LogP contribution in [-0.4, -0.2) is 21.1 Å². The molecule has 3 N–H and O–H groups in total. The van der Waals surface area contributed by atoms with Gasteiger partial charge in [-0.05, 0) is 23.8 Å². The Morgan fingerprint density at radius 1 is 1.27 bits per heavy atom. The number of fused-ring (bicyclic) bond motifs is 1. The number of carbonyl (C=O) groups is 2. The lowest BCUT2D eigenvalue weighted by Gasteiger charge is -2.01. The molecule has 1 aromatic heterocycles. The van der Waals surface area contributed by atoms with Gasteiger partial charge in [-0.1, -0.05) is 6.07 Å². The molecule has 0 bridgehead atoms. The highest BCUT2D eigenvalue weighted by atomic mass is 16.2. The molecule has 0 atom stereocenters. The summed E-state index contributed by atoms with van der Waals surface area (Å²) >= 11 is 0. The van der Waals surface area contributed by atoms with E-state index in [1.165, 1.54) is 15.2 Å². The molecule has 112 valence electrons. The van der Waals surface area contributed by atoms with Gasteiger partial charge in [0.2, 0.25) is 0 Å². The Morgan fingerprint density at radius 2 is 1.91 bits per heavy atom. The second kappa shape index (κ2) is 5.57. The molecular formula is C14H13N5O3. The smallest absolute Gasteiger partial charge is 0.328 e. The number of imidazole rings is 1. The maximum absolute atomic E-state index is 11.8. The summed E-state index contributed by atoms with van der Waals surface area (Å²) in [6.07, 6.45) is 1.31. The van der Waals surface area contributed by atoms with Crippen LogP contribution in [0.3, 0.4) is 0 Å². The van der Waals surface area contributed by atoms with Gasteiger partial charge in [0.1, 0.15) is 11.6 Å². The van der Waals surface area contributed by atoms with Gasteiger partial charge in [0, 0.05) is 14.1 Å². The molecule has 2 aromatic rings. The molecule has 3 amide bonds. The average molecular weight is 299 g/mol. The van der Waals surface area contributed by atoms with Crippen molar-refractivity contribution < 1.29 is 9.59 Å². The van der Waals surface area contributed by atoms with Crippen molar-refractivity contribution in [3.63, 3.8) is 0 Å². The summed E-state index contributed by atoms with van der Waals surface area (Å²) in [7, 11) is 3.28. The Labute approximate surface area is 125 Å². The number of rotatable bonds is 2. The molecule has 0 aliphatic carbocycles. The van der Waals surface area contributed by atoms with Crippen LogP contribution in [0.15, 0.2) is 28.6 Å². The van der Waals surface area contributed by atoms with E-state index in [1.54, 1.807) is 38.4 Å². The second-order valence-corrected chi connectivity index (χ2v) is 4.64. The quantitative estimate of drug-likeness (QED) is 0.597. The van der Waals surface area contributed by atoms with Crippen molar-refractivity contribution in [2.24, 2.45) is 19.8 Å². The summed E-state index contributed by atoms with van der Waals surface area (Å²) in [4.78, 5) is 34.1. The zero-order valence-electron chi connectivity index (χ0n) is 12.0. The molecule has 1 heterocycles. The number of nitrogens with one attached hydrogen (secondary N) is 1. The van der Waals surface area contributed by atoms with Crippen molar-refractivity contribution in [3.8, 4) is 6.07 Å². The first-order chi connectivity index (χ1) is 10.3. The van der Waals surface area contributed by atoms with E-state index in [0.717, 1.165) is 5.52 Å². The van der Waals surface area contributed by atoms with E-state index in [-0.39, 0.29) is 11.3 Å². The van der Waals surface area contributed by atoms with Gasteiger partial charge in [0.25, 0.3) is 5.91 Å². The van der Waals surface area contributed by atoms with Crippen LogP contribution in [0.1, 0.15) is 5.56 Å². The fraction of sp³-hybridized carbons (Fsp3) is 0.143. The lowest BCUT2D eigenvalue weighted by atomic mass is 10.1. The first-order valence-electron chi connectivity index (χ1n) is 6.23. The Bertz CT molecular complexity index is 911. The fourth-order valence-electron chi connectivity index (χ4n) is 2.11. The van der Waals surface area contributed by atoms with Crippen LogP contribution in [0, 0.1) is 11.3 Å². The zero-order valence-corrected chi connectivity index (χ0v) is 12.0. The molecule has 1 aromatic carbocycles. The minimum absolute atomic E-state index is 0.178. The van der Waals surface area contributed by atoms with E-state index in [1.807, 2.05) is 5.32 Å². The number of imide groups is 1. The highest BCUT2D eigenvalue weighted by Gasteiger charge is 2.12. The number of hydrogen-bond donors (Lipinski definition) is 2. The van der Waals surface area contributed by atoms with Crippen LogP contribution >= 0.6 is 0 Å². The molecular weight excluding hydrogens is 286 g/mol. The van der Waals surface area contributed by atoms with Crippen LogP contribution < -0.4 is 16.7 Å². The van der Waals surface area contributed by atoms with Gasteiger partial charge >= 0.3 is 11.7 Å². The van der Waals surface area contributed by atoms with Gasteiger partial charge < -0.3 is 5.73 Å². The number of aryl methyl sites for hydroxylation is 2. The molecule has 0 saturated carbocycles. The van der Waals surface area contributed by atoms with Crippen LogP contribution in [-0.2, 0) is 18.9 Å². The molecule has 0 aliphatic rings. The number of primary amides is 1. The van der Waals surface area contributed by atoms with E-state index in [9.17, 15) is 14.4 Å². The first-order valence-corrected chi connectivity index (χ1v) is 6.23. The minimum Gasteiger partial charge on any atom is -0.351 e. The molecule has 2 rings (SSSR count). The number of aromatic nitrogens is 2. The fourth-order valence-corrected chi connectivity index (χ4v) is 2.11. The molecule has 0 saturated heterocycles. The molecule has 0 radical (unpaired) electrons. The Balaban J connectivity index is 2.51. The van der Waals surface area contributed by atoms with Gasteiger partial charge in [-0.3, -0.25) is 19.2 Å². The lowest BCUT2D eigenvalue weighted by molar-refractivity contribution is -0.115. The minimum atomic E-state index is -1.04. The van der Waals surface area contributed by atoms with Crippen LogP contribution in [0.25, 0.3) is 17.1 Å². The SMILES string of the molecule is Cn1c(=O)n(C)c2cc(/C=C(/C#N)C(=O)NC(N)=O)ccc21. The van der Waals surface area contributed by atoms with E-state index in [0.29, 0.717) is 11.1 Å². The summed E-state index contributed by atoms with van der Waals surface area (Å²) in [6, 6.07) is 5.71. The molecule has 0 unspecified atom stereocenters. The van der Waals surface area contributed by atoms with E-state index >= 15 is 0 Å². The molecule has 0 aliphatic heterocycles. The number of carbonyl (C=O) groups excluding carboxylic acids is 2. The largest absolute Gasteiger partial charge is 0.351 e. The number of hydrogen-bond acceptors (Lipinski definition) is 4. The standard InChI is InChI=1S/C14H13N5O3/c1-18-10-4-3-8(6-11(10)19(2)14(18)22)5-9(7-15)12(20)17-13(16)21/h3-6H,1-2H3,(H3,16,17,20,21)/b9-5-. The van der Waals surface area contributed by atoms with E-state index in [2.05, 4.69) is 0 Å². The highest BCUT2D eigenvalue weighted by Crippen LogP contribution is 2.16. The molecule has 22 heavy (non-hydrogen) atoms. The summed E-state index contributed by atoms with van der Waals surface area (Å²) in [6.45, 7) is 0. The molecule has 8 heteroatoms. The van der Waals surface area contributed by atoms with Crippen molar-refractivity contribution in [2.75, 3.05) is 0 Å². The van der Waals surface area contributed by atoms with E-state index in [4.69, 9.17) is 11.0 Å². The number of urea groups is 1. The van der Waals surface area contributed by atoms with E-state index < -0.39 is 11.9 Å². The Hall–Kier alpha value is -3.34. The predicted molar refractivity (Wildman–Crippen MR) is 79.5 cm³/mol. The summed E-state index contributed by atoms with van der Waals surface area (Å²) in [5.74, 6) is -0.878. The van der Waals surface area contributed by atoms with Gasteiger partial charge in [0.15, 0.2) is 0 Å². The summed E-state index contributed by atoms with van der Waals surface area (Å²) in [5, 5.41) is 10.8. The Morgan fingerprint density at radius 3 is 2.50 bits per heavy atom. The van der Waals surface area contributed by atoms with Gasteiger partial charge in [0.05, 0.1) is 11.0 Å². The second-order valence-electron chi connectivity index (χ2n) is 4.64. The monoisotopic (exact) mass is 299 g/mol.